The average molecular weight is 666 g/mol. The maximum absolute atomic E-state index is 12.1. The summed E-state index contributed by atoms with van der Waals surface area (Å²) in [6.07, 6.45) is 10.2. The highest BCUT2D eigenvalue weighted by molar-refractivity contribution is 9.10. The van der Waals surface area contributed by atoms with Crippen molar-refractivity contribution in [3.63, 3.8) is 0 Å². The van der Waals surface area contributed by atoms with E-state index in [1.165, 1.54) is 0 Å². The van der Waals surface area contributed by atoms with Crippen molar-refractivity contribution >= 4 is 56.1 Å². The van der Waals surface area contributed by atoms with Gasteiger partial charge in [-0.05, 0) is 62.1 Å². The molecule has 0 aliphatic carbocycles. The Morgan fingerprint density at radius 3 is 1.54 bits per heavy atom. The zero-order valence-electron chi connectivity index (χ0n) is 22.7. The summed E-state index contributed by atoms with van der Waals surface area (Å²) in [5, 5.41) is 8.15. The molecule has 2 aromatic rings. The third kappa shape index (κ3) is 13.8. The highest BCUT2D eigenvalue weighted by atomic mass is 79.9. The van der Waals surface area contributed by atoms with E-state index in [9.17, 15) is 9.59 Å². The van der Waals surface area contributed by atoms with Crippen molar-refractivity contribution in [1.29, 1.82) is 0 Å². The number of rotatable bonds is 18. The van der Waals surface area contributed by atoms with Crippen LogP contribution in [0.3, 0.4) is 0 Å². The second kappa shape index (κ2) is 19.4. The van der Waals surface area contributed by atoms with Gasteiger partial charge in [0.1, 0.15) is 11.5 Å². The van der Waals surface area contributed by atoms with E-state index < -0.39 is 0 Å². The van der Waals surface area contributed by atoms with Gasteiger partial charge in [-0.1, -0.05) is 65.0 Å². The van der Waals surface area contributed by atoms with Crippen molar-refractivity contribution in [1.82, 2.24) is 10.9 Å². The summed E-state index contributed by atoms with van der Waals surface area (Å²) in [6, 6.07) is 11.4. The second-order valence-corrected chi connectivity index (χ2v) is 10.7. The predicted octanol–water partition coefficient (Wildman–Crippen LogP) is 7.12. The molecule has 39 heavy (non-hydrogen) atoms. The number of nitrogens with zero attached hydrogens (tertiary/aromatic N) is 2. The predicted molar refractivity (Wildman–Crippen MR) is 164 cm³/mol. The summed E-state index contributed by atoms with van der Waals surface area (Å²) in [7, 11) is 0. The lowest BCUT2D eigenvalue weighted by Crippen LogP contribution is -2.17. The Kier molecular flexibility index (Phi) is 16.1. The molecule has 0 aliphatic heterocycles. The quantitative estimate of drug-likeness (QED) is 0.101. The minimum Gasteiger partial charge on any atom is -0.493 e. The zero-order chi connectivity index (χ0) is 28.3. The monoisotopic (exact) mass is 664 g/mol. The van der Waals surface area contributed by atoms with Crippen LogP contribution in [-0.2, 0) is 9.59 Å². The fraction of sp³-hybridized carbons (Fsp3) is 0.448. The van der Waals surface area contributed by atoms with E-state index in [4.69, 9.17) is 9.47 Å². The van der Waals surface area contributed by atoms with Crippen LogP contribution < -0.4 is 20.3 Å². The molecule has 0 aliphatic rings. The lowest BCUT2D eigenvalue weighted by molar-refractivity contribution is -0.121. The van der Waals surface area contributed by atoms with Gasteiger partial charge >= 0.3 is 0 Å². The molecular formula is C29H38Br2N4O4. The molecule has 0 fully saturated rings. The van der Waals surface area contributed by atoms with Gasteiger partial charge < -0.3 is 9.47 Å². The summed E-state index contributed by atoms with van der Waals surface area (Å²) < 4.78 is 13.3. The van der Waals surface area contributed by atoms with Gasteiger partial charge in [0.2, 0.25) is 11.8 Å². The van der Waals surface area contributed by atoms with Crippen molar-refractivity contribution in [3.05, 3.63) is 56.5 Å². The van der Waals surface area contributed by atoms with Crippen LogP contribution in [0.5, 0.6) is 11.5 Å². The minimum atomic E-state index is -0.122. The van der Waals surface area contributed by atoms with Crippen molar-refractivity contribution < 1.29 is 19.1 Å². The molecule has 0 saturated heterocycles. The Morgan fingerprint density at radius 1 is 0.718 bits per heavy atom. The number of hydrogen-bond acceptors (Lipinski definition) is 6. The molecule has 212 valence electrons. The number of hydrazone groups is 2. The Bertz CT molecular complexity index is 1020. The average Bonchev–Trinajstić information content (AvgIpc) is 2.91. The number of ether oxygens (including phenoxy) is 2. The van der Waals surface area contributed by atoms with Gasteiger partial charge in [0, 0.05) is 32.9 Å². The third-order valence-corrected chi connectivity index (χ3v) is 6.45. The van der Waals surface area contributed by atoms with Gasteiger partial charge in [0.15, 0.2) is 0 Å². The van der Waals surface area contributed by atoms with Crippen LogP contribution in [-0.4, -0.2) is 37.5 Å². The molecule has 2 amide bonds. The van der Waals surface area contributed by atoms with Gasteiger partial charge in [-0.2, -0.15) is 10.2 Å². The number of hydrogen-bond donors (Lipinski definition) is 2. The first-order chi connectivity index (χ1) is 18.9. The number of unbranched alkanes of at least 4 members (excludes halogenated alkanes) is 4. The Balaban J connectivity index is 1.59. The van der Waals surface area contributed by atoms with E-state index in [2.05, 4.69) is 52.9 Å². The molecule has 0 aromatic heterocycles. The van der Waals surface area contributed by atoms with E-state index in [0.717, 1.165) is 76.5 Å². The van der Waals surface area contributed by atoms with Gasteiger partial charge in [-0.3, -0.25) is 9.59 Å². The normalized spacial score (nSPS) is 11.2. The largest absolute Gasteiger partial charge is 0.493 e. The zero-order valence-corrected chi connectivity index (χ0v) is 25.9. The SMILES string of the molecule is CCCOc1ccc(Br)cc1/C=N/NC(=O)CCCCCCCC(=O)N/N=C/c1cc(Br)ccc1OCCC. The number of carbonyl (C=O) groups excluding carboxylic acids is 2. The lowest BCUT2D eigenvalue weighted by atomic mass is 10.1. The van der Waals surface area contributed by atoms with E-state index in [1.54, 1.807) is 12.4 Å². The maximum atomic E-state index is 12.1. The number of halogens is 2. The Morgan fingerprint density at radius 2 is 1.13 bits per heavy atom. The smallest absolute Gasteiger partial charge is 0.240 e. The Labute approximate surface area is 248 Å². The summed E-state index contributed by atoms with van der Waals surface area (Å²) in [5.41, 5.74) is 6.76. The molecule has 0 saturated carbocycles. The fourth-order valence-electron chi connectivity index (χ4n) is 3.49. The van der Waals surface area contributed by atoms with E-state index in [1.807, 2.05) is 50.2 Å². The summed E-state index contributed by atoms with van der Waals surface area (Å²) in [4.78, 5) is 24.2. The lowest BCUT2D eigenvalue weighted by Gasteiger charge is -2.08. The molecule has 2 rings (SSSR count). The molecule has 0 atom stereocenters. The molecule has 10 heteroatoms. The Hall–Kier alpha value is -2.72. The van der Waals surface area contributed by atoms with Crippen molar-refractivity contribution in [2.45, 2.75) is 71.6 Å². The van der Waals surface area contributed by atoms with Crippen molar-refractivity contribution in [2.24, 2.45) is 10.2 Å². The molecule has 0 bridgehead atoms. The first kappa shape index (κ1) is 32.5. The minimum absolute atomic E-state index is 0.122. The standard InChI is InChI=1S/C29H38Br2N4O4/c1-3-16-38-26-14-12-24(30)18-22(26)20-32-34-28(36)10-8-6-5-7-9-11-29(37)35-33-21-23-19-25(31)13-15-27(23)39-17-4-2/h12-15,18-21H,3-11,16-17H2,1-2H3,(H,34,36)(H,35,37)/b32-20+,33-21+. The second-order valence-electron chi connectivity index (χ2n) is 8.92. The maximum Gasteiger partial charge on any atom is 0.240 e. The molecule has 2 aromatic carbocycles. The highest BCUT2D eigenvalue weighted by Crippen LogP contribution is 2.23. The fourth-order valence-corrected chi connectivity index (χ4v) is 4.25. The summed E-state index contributed by atoms with van der Waals surface area (Å²) in [6.45, 7) is 5.34. The van der Waals surface area contributed by atoms with Gasteiger partial charge in [0.25, 0.3) is 0 Å². The first-order valence-electron chi connectivity index (χ1n) is 13.4. The summed E-state index contributed by atoms with van der Waals surface area (Å²) >= 11 is 6.89. The van der Waals surface area contributed by atoms with Crippen LogP contribution in [0.4, 0.5) is 0 Å². The molecular weight excluding hydrogens is 628 g/mol. The van der Waals surface area contributed by atoms with Crippen molar-refractivity contribution in [2.75, 3.05) is 13.2 Å². The molecule has 0 heterocycles. The number of benzene rings is 2. The number of nitrogens with one attached hydrogen (secondary N) is 2. The van der Waals surface area contributed by atoms with Crippen LogP contribution in [0.2, 0.25) is 0 Å². The van der Waals surface area contributed by atoms with Gasteiger partial charge in [0.05, 0.1) is 25.6 Å². The highest BCUT2D eigenvalue weighted by Gasteiger charge is 2.05. The van der Waals surface area contributed by atoms with E-state index >= 15 is 0 Å². The van der Waals surface area contributed by atoms with Crippen LogP contribution in [0.25, 0.3) is 0 Å². The van der Waals surface area contributed by atoms with Crippen LogP contribution in [0.1, 0.15) is 82.8 Å². The van der Waals surface area contributed by atoms with E-state index in [0.29, 0.717) is 26.1 Å². The van der Waals surface area contributed by atoms with Crippen LogP contribution in [0.15, 0.2) is 55.5 Å². The summed E-state index contributed by atoms with van der Waals surface area (Å²) in [5.74, 6) is 1.22. The molecule has 8 nitrogen and oxygen atoms in total. The number of amides is 2. The topological polar surface area (TPSA) is 101 Å². The molecule has 0 radical (unpaired) electrons. The third-order valence-electron chi connectivity index (χ3n) is 5.46. The van der Waals surface area contributed by atoms with Gasteiger partial charge in [-0.15, -0.1) is 0 Å². The molecule has 2 N–H and O–H groups in total. The van der Waals surface area contributed by atoms with Gasteiger partial charge in [-0.25, -0.2) is 10.9 Å². The molecule has 0 spiro atoms. The molecule has 0 unspecified atom stereocenters. The van der Waals surface area contributed by atoms with Crippen molar-refractivity contribution in [3.8, 4) is 11.5 Å². The number of carbonyl (C=O) groups is 2. The van der Waals surface area contributed by atoms with Crippen LogP contribution >= 0.6 is 31.9 Å². The van der Waals surface area contributed by atoms with E-state index in [-0.39, 0.29) is 11.8 Å². The first-order valence-corrected chi connectivity index (χ1v) is 15.0. The van der Waals surface area contributed by atoms with Crippen LogP contribution in [0, 0.1) is 0 Å².